The van der Waals surface area contributed by atoms with Crippen LogP contribution in [0.15, 0.2) is 22.7 Å². The highest BCUT2D eigenvalue weighted by Crippen LogP contribution is 2.52. The van der Waals surface area contributed by atoms with Crippen molar-refractivity contribution in [3.8, 4) is 0 Å². The molecule has 1 saturated heterocycles. The van der Waals surface area contributed by atoms with Crippen LogP contribution in [0.2, 0.25) is 0 Å². The number of ether oxygens (including phenoxy) is 1. The predicted octanol–water partition coefficient (Wildman–Crippen LogP) is 3.21. The van der Waals surface area contributed by atoms with Gasteiger partial charge in [-0.3, -0.25) is 4.79 Å². The van der Waals surface area contributed by atoms with Crippen molar-refractivity contribution in [1.29, 1.82) is 0 Å². The predicted molar refractivity (Wildman–Crippen MR) is 73.6 cm³/mol. The van der Waals surface area contributed by atoms with Gasteiger partial charge in [-0.1, -0.05) is 15.9 Å². The van der Waals surface area contributed by atoms with E-state index in [4.69, 9.17) is 4.74 Å². The number of nitrogens with zero attached hydrogens (tertiary/aromatic N) is 1. The lowest BCUT2D eigenvalue weighted by Gasteiger charge is -2.26. The first-order valence-electron chi connectivity index (χ1n) is 6.14. The normalized spacial score (nSPS) is 29.1. The third kappa shape index (κ3) is 1.48. The number of rotatable bonds is 0. The summed E-state index contributed by atoms with van der Waals surface area (Å²) in [5.74, 6) is 0.0566. The summed E-state index contributed by atoms with van der Waals surface area (Å²) < 4.78 is 7.13. The summed E-state index contributed by atoms with van der Waals surface area (Å²) in [7, 11) is 1.82. The Bertz CT molecular complexity index is 541. The number of likely N-dealkylation sites (N-methyl/N-ethyl adjacent to an activating group) is 1. The van der Waals surface area contributed by atoms with Gasteiger partial charge < -0.3 is 9.64 Å². The molecule has 0 saturated carbocycles. The third-order valence-electron chi connectivity index (χ3n) is 3.93. The monoisotopic (exact) mass is 309 g/mol. The van der Waals surface area contributed by atoms with Gasteiger partial charge in [0.2, 0.25) is 0 Å². The first-order valence-corrected chi connectivity index (χ1v) is 6.93. The number of fused-ring (bicyclic) bond motifs is 2. The van der Waals surface area contributed by atoms with Gasteiger partial charge in [0.15, 0.2) is 5.60 Å². The second kappa shape index (κ2) is 3.58. The highest BCUT2D eigenvalue weighted by atomic mass is 79.9. The summed E-state index contributed by atoms with van der Waals surface area (Å²) in [6, 6.07) is 5.95. The van der Waals surface area contributed by atoms with Crippen molar-refractivity contribution in [2.24, 2.45) is 0 Å². The van der Waals surface area contributed by atoms with Crippen LogP contribution in [0, 0.1) is 0 Å². The van der Waals surface area contributed by atoms with Crippen LogP contribution in [-0.4, -0.2) is 18.6 Å². The van der Waals surface area contributed by atoms with Crippen molar-refractivity contribution in [2.45, 2.75) is 37.9 Å². The topological polar surface area (TPSA) is 29.5 Å². The smallest absolute Gasteiger partial charge is 0.263 e. The summed E-state index contributed by atoms with van der Waals surface area (Å²) in [6.45, 7) is 4.09. The molecule has 1 amide bonds. The summed E-state index contributed by atoms with van der Waals surface area (Å²) in [4.78, 5) is 14.3. The molecule has 18 heavy (non-hydrogen) atoms. The van der Waals surface area contributed by atoms with Crippen LogP contribution in [0.1, 0.15) is 32.3 Å². The van der Waals surface area contributed by atoms with Gasteiger partial charge in [-0.05, 0) is 44.9 Å². The van der Waals surface area contributed by atoms with Crippen molar-refractivity contribution in [2.75, 3.05) is 11.9 Å². The van der Waals surface area contributed by atoms with Crippen LogP contribution in [0.25, 0.3) is 0 Å². The number of hydrogen-bond acceptors (Lipinski definition) is 2. The van der Waals surface area contributed by atoms with E-state index in [0.717, 1.165) is 28.6 Å². The fraction of sp³-hybridized carbons (Fsp3) is 0.500. The van der Waals surface area contributed by atoms with E-state index < -0.39 is 5.60 Å². The molecule has 1 spiro atoms. The molecule has 96 valence electrons. The molecule has 0 bridgehead atoms. The number of anilines is 1. The number of carbonyl (C=O) groups excluding carboxylic acids is 1. The maximum atomic E-state index is 12.6. The molecule has 2 heterocycles. The Hall–Kier alpha value is -0.870. The standard InChI is InChI=1S/C14H16BrNO2/c1-13(2)6-7-14(18-13)10-8-9(15)4-5-11(10)16(3)12(14)17/h4-5,8H,6-7H2,1-3H3/t14-/m0/s1. The van der Waals surface area contributed by atoms with Crippen molar-refractivity contribution in [3.05, 3.63) is 28.2 Å². The van der Waals surface area contributed by atoms with E-state index in [2.05, 4.69) is 15.9 Å². The van der Waals surface area contributed by atoms with Crippen LogP contribution < -0.4 is 4.90 Å². The number of carbonyl (C=O) groups is 1. The maximum absolute atomic E-state index is 12.6. The highest BCUT2D eigenvalue weighted by molar-refractivity contribution is 9.10. The average Bonchev–Trinajstić information content (AvgIpc) is 2.72. The second-order valence-corrected chi connectivity index (χ2v) is 6.63. The number of benzene rings is 1. The van der Waals surface area contributed by atoms with E-state index >= 15 is 0 Å². The molecule has 0 unspecified atom stereocenters. The largest absolute Gasteiger partial charge is 0.354 e. The molecule has 1 aromatic rings. The molecule has 4 heteroatoms. The quantitative estimate of drug-likeness (QED) is 0.736. The fourth-order valence-corrected chi connectivity index (χ4v) is 3.37. The summed E-state index contributed by atoms with van der Waals surface area (Å²) in [5.41, 5.74) is 0.952. The molecule has 0 radical (unpaired) electrons. The first-order chi connectivity index (χ1) is 8.36. The van der Waals surface area contributed by atoms with E-state index in [0.29, 0.717) is 0 Å². The Labute approximate surface area is 115 Å². The number of amides is 1. The molecule has 0 N–H and O–H groups in total. The van der Waals surface area contributed by atoms with E-state index in [-0.39, 0.29) is 11.5 Å². The molecule has 2 aliphatic heterocycles. The number of hydrogen-bond donors (Lipinski definition) is 0. The molecular formula is C14H16BrNO2. The van der Waals surface area contributed by atoms with Crippen molar-refractivity contribution in [3.63, 3.8) is 0 Å². The number of halogens is 1. The van der Waals surface area contributed by atoms with Gasteiger partial charge in [-0.15, -0.1) is 0 Å². The Morgan fingerprint density at radius 2 is 2.06 bits per heavy atom. The van der Waals surface area contributed by atoms with Gasteiger partial charge in [0.05, 0.1) is 11.3 Å². The second-order valence-electron chi connectivity index (χ2n) is 5.71. The summed E-state index contributed by atoms with van der Waals surface area (Å²) in [5, 5.41) is 0. The molecule has 1 atom stereocenters. The average molecular weight is 310 g/mol. The van der Waals surface area contributed by atoms with Gasteiger partial charge in [0, 0.05) is 17.1 Å². The molecule has 1 fully saturated rings. The van der Waals surface area contributed by atoms with Crippen LogP contribution in [-0.2, 0) is 15.1 Å². The molecule has 0 aliphatic carbocycles. The highest BCUT2D eigenvalue weighted by Gasteiger charge is 2.57. The fourth-order valence-electron chi connectivity index (χ4n) is 3.01. The zero-order valence-electron chi connectivity index (χ0n) is 10.8. The van der Waals surface area contributed by atoms with Crippen LogP contribution >= 0.6 is 15.9 Å². The lowest BCUT2D eigenvalue weighted by atomic mass is 9.91. The molecule has 1 aromatic carbocycles. The van der Waals surface area contributed by atoms with E-state index in [9.17, 15) is 4.79 Å². The van der Waals surface area contributed by atoms with E-state index in [1.54, 1.807) is 4.90 Å². The minimum atomic E-state index is -0.767. The van der Waals surface area contributed by atoms with Gasteiger partial charge in [0.25, 0.3) is 5.91 Å². The summed E-state index contributed by atoms with van der Waals surface area (Å²) in [6.07, 6.45) is 1.66. The Balaban J connectivity index is 2.18. The van der Waals surface area contributed by atoms with Crippen LogP contribution in [0.3, 0.4) is 0 Å². The van der Waals surface area contributed by atoms with Crippen LogP contribution in [0.4, 0.5) is 5.69 Å². The Morgan fingerprint density at radius 1 is 1.33 bits per heavy atom. The molecule has 2 aliphatic rings. The molecule has 0 aromatic heterocycles. The lowest BCUT2D eigenvalue weighted by molar-refractivity contribution is -0.149. The zero-order chi connectivity index (χ0) is 13.1. The summed E-state index contributed by atoms with van der Waals surface area (Å²) >= 11 is 3.48. The zero-order valence-corrected chi connectivity index (χ0v) is 12.4. The molecule has 3 rings (SSSR count). The van der Waals surface area contributed by atoms with E-state index in [1.165, 1.54) is 0 Å². The maximum Gasteiger partial charge on any atom is 0.263 e. The van der Waals surface area contributed by atoms with Gasteiger partial charge >= 0.3 is 0 Å². The van der Waals surface area contributed by atoms with Gasteiger partial charge in [-0.25, -0.2) is 0 Å². The van der Waals surface area contributed by atoms with E-state index in [1.807, 2.05) is 39.1 Å². The molecular weight excluding hydrogens is 294 g/mol. The SMILES string of the molecule is CN1C(=O)[C@]2(CCC(C)(C)O2)c2cc(Br)ccc21. The van der Waals surface area contributed by atoms with Crippen LogP contribution in [0.5, 0.6) is 0 Å². The Morgan fingerprint density at radius 3 is 2.67 bits per heavy atom. The first kappa shape index (κ1) is 12.2. The minimum Gasteiger partial charge on any atom is -0.354 e. The lowest BCUT2D eigenvalue weighted by Crippen LogP contribution is -2.40. The minimum absolute atomic E-state index is 0.0566. The van der Waals surface area contributed by atoms with Crippen molar-refractivity contribution >= 4 is 27.5 Å². The van der Waals surface area contributed by atoms with Crippen molar-refractivity contribution in [1.82, 2.24) is 0 Å². The van der Waals surface area contributed by atoms with Crippen molar-refractivity contribution < 1.29 is 9.53 Å². The van der Waals surface area contributed by atoms with Gasteiger partial charge in [0.1, 0.15) is 0 Å². The van der Waals surface area contributed by atoms with Gasteiger partial charge in [-0.2, -0.15) is 0 Å². The third-order valence-corrected chi connectivity index (χ3v) is 4.43. The Kier molecular flexibility index (Phi) is 2.42. The molecule has 3 nitrogen and oxygen atoms in total.